The summed E-state index contributed by atoms with van der Waals surface area (Å²) in [4.78, 5) is 21.6. The van der Waals surface area contributed by atoms with E-state index in [1.165, 1.54) is 18.8 Å². The van der Waals surface area contributed by atoms with Crippen molar-refractivity contribution in [2.45, 2.75) is 25.8 Å². The minimum Gasteiger partial charge on any atom is -0.464 e. The van der Waals surface area contributed by atoms with Gasteiger partial charge in [0.15, 0.2) is 0 Å². The van der Waals surface area contributed by atoms with Crippen molar-refractivity contribution < 1.29 is 9.21 Å². The van der Waals surface area contributed by atoms with Gasteiger partial charge in [-0.25, -0.2) is 4.98 Å². The molecule has 0 spiro atoms. The first kappa shape index (κ1) is 12.8. The molecule has 2 atom stereocenters. The quantitative estimate of drug-likeness (QED) is 0.857. The van der Waals surface area contributed by atoms with Crippen LogP contribution in [0.25, 0.3) is 0 Å². The van der Waals surface area contributed by atoms with Crippen LogP contribution in [0.1, 0.15) is 41.3 Å². The molecule has 0 aliphatic heterocycles. The van der Waals surface area contributed by atoms with Gasteiger partial charge >= 0.3 is 0 Å². The van der Waals surface area contributed by atoms with Gasteiger partial charge in [-0.2, -0.15) is 0 Å². The Balaban J connectivity index is 1.65. The third kappa shape index (κ3) is 2.57. The predicted octanol–water partition coefficient (Wildman–Crippen LogP) is 2.47. The van der Waals surface area contributed by atoms with Crippen molar-refractivity contribution in [1.82, 2.24) is 14.9 Å². The Morgan fingerprint density at radius 1 is 1.45 bits per heavy atom. The molecule has 2 heterocycles. The maximum atomic E-state index is 12.1. The summed E-state index contributed by atoms with van der Waals surface area (Å²) in [6.45, 7) is 2.66. The second-order valence-corrected chi connectivity index (χ2v) is 5.38. The van der Waals surface area contributed by atoms with Gasteiger partial charge in [0.05, 0.1) is 12.7 Å². The SMILES string of the molecule is C[C@@H]1C[C@@H]1c1ccc(CN(C)C(=O)c2cnccn2)o1. The summed E-state index contributed by atoms with van der Waals surface area (Å²) >= 11 is 0. The molecule has 2 aromatic heterocycles. The van der Waals surface area contributed by atoms with E-state index in [-0.39, 0.29) is 5.91 Å². The molecular formula is C15H17N3O2. The van der Waals surface area contributed by atoms with Crippen LogP contribution >= 0.6 is 0 Å². The van der Waals surface area contributed by atoms with Gasteiger partial charge in [-0.3, -0.25) is 9.78 Å². The average molecular weight is 271 g/mol. The summed E-state index contributed by atoms with van der Waals surface area (Å²) in [5.74, 6) is 2.96. The van der Waals surface area contributed by atoms with Crippen molar-refractivity contribution in [3.05, 3.63) is 47.9 Å². The number of nitrogens with zero attached hydrogens (tertiary/aromatic N) is 3. The normalized spacial score (nSPS) is 20.7. The number of amides is 1. The molecule has 5 nitrogen and oxygen atoms in total. The first-order chi connectivity index (χ1) is 9.65. The third-order valence-corrected chi connectivity index (χ3v) is 3.68. The summed E-state index contributed by atoms with van der Waals surface area (Å²) < 4.78 is 5.80. The van der Waals surface area contributed by atoms with Crippen molar-refractivity contribution in [2.75, 3.05) is 7.05 Å². The number of rotatable bonds is 4. The van der Waals surface area contributed by atoms with E-state index in [1.807, 2.05) is 12.1 Å². The van der Waals surface area contributed by atoms with Gasteiger partial charge in [-0.15, -0.1) is 0 Å². The molecule has 20 heavy (non-hydrogen) atoms. The van der Waals surface area contributed by atoms with Crippen LogP contribution in [0.5, 0.6) is 0 Å². The van der Waals surface area contributed by atoms with Crippen molar-refractivity contribution in [1.29, 1.82) is 0 Å². The van der Waals surface area contributed by atoms with E-state index < -0.39 is 0 Å². The van der Waals surface area contributed by atoms with Crippen LogP contribution in [0.2, 0.25) is 0 Å². The number of hydrogen-bond acceptors (Lipinski definition) is 4. The number of aromatic nitrogens is 2. The molecule has 0 aromatic carbocycles. The lowest BCUT2D eigenvalue weighted by atomic mass is 10.3. The summed E-state index contributed by atoms with van der Waals surface area (Å²) in [6.07, 6.45) is 5.73. The van der Waals surface area contributed by atoms with Crippen LogP contribution in [-0.2, 0) is 6.54 Å². The molecule has 1 aliphatic carbocycles. The highest BCUT2D eigenvalue weighted by Gasteiger charge is 2.36. The lowest BCUT2D eigenvalue weighted by Gasteiger charge is -2.14. The molecule has 0 N–H and O–H groups in total. The average Bonchev–Trinajstić information content (AvgIpc) is 3.01. The minimum atomic E-state index is -0.157. The topological polar surface area (TPSA) is 59.2 Å². The van der Waals surface area contributed by atoms with Crippen molar-refractivity contribution >= 4 is 5.91 Å². The van der Waals surface area contributed by atoms with Gasteiger partial charge in [-0.1, -0.05) is 6.92 Å². The van der Waals surface area contributed by atoms with Crippen LogP contribution in [0.4, 0.5) is 0 Å². The number of furan rings is 1. The van der Waals surface area contributed by atoms with E-state index >= 15 is 0 Å². The van der Waals surface area contributed by atoms with Crippen LogP contribution in [0.15, 0.2) is 35.1 Å². The standard InChI is InChI=1S/C15H17N3O2/c1-10-7-12(10)14-4-3-11(20-14)9-18(2)15(19)13-8-16-5-6-17-13/h3-6,8,10,12H,7,9H2,1-2H3/t10-,12+/m1/s1. The van der Waals surface area contributed by atoms with E-state index in [2.05, 4.69) is 16.9 Å². The molecule has 0 saturated heterocycles. The van der Waals surface area contributed by atoms with E-state index in [9.17, 15) is 4.79 Å². The maximum absolute atomic E-state index is 12.1. The highest BCUT2D eigenvalue weighted by molar-refractivity contribution is 5.91. The summed E-state index contributed by atoms with van der Waals surface area (Å²) in [7, 11) is 1.74. The monoisotopic (exact) mass is 271 g/mol. The molecule has 3 rings (SSSR count). The summed E-state index contributed by atoms with van der Waals surface area (Å²) in [5, 5.41) is 0. The molecule has 2 aromatic rings. The smallest absolute Gasteiger partial charge is 0.274 e. The first-order valence-corrected chi connectivity index (χ1v) is 6.75. The molecule has 1 amide bonds. The number of carbonyl (C=O) groups is 1. The van der Waals surface area contributed by atoms with Crippen molar-refractivity contribution in [3.8, 4) is 0 Å². The first-order valence-electron chi connectivity index (χ1n) is 6.75. The van der Waals surface area contributed by atoms with E-state index in [1.54, 1.807) is 18.1 Å². The molecule has 1 saturated carbocycles. The fourth-order valence-electron chi connectivity index (χ4n) is 2.31. The highest BCUT2D eigenvalue weighted by atomic mass is 16.3. The molecule has 5 heteroatoms. The van der Waals surface area contributed by atoms with Gasteiger partial charge in [0.1, 0.15) is 17.2 Å². The molecule has 1 aliphatic rings. The van der Waals surface area contributed by atoms with Crippen molar-refractivity contribution in [2.24, 2.45) is 5.92 Å². The van der Waals surface area contributed by atoms with Gasteiger partial charge in [0.25, 0.3) is 5.91 Å². The van der Waals surface area contributed by atoms with Gasteiger partial charge in [-0.05, 0) is 24.5 Å². The highest BCUT2D eigenvalue weighted by Crippen LogP contribution is 2.47. The Kier molecular flexibility index (Phi) is 3.26. The zero-order valence-corrected chi connectivity index (χ0v) is 11.6. The third-order valence-electron chi connectivity index (χ3n) is 3.68. The van der Waals surface area contributed by atoms with E-state index in [0.717, 1.165) is 11.5 Å². The zero-order chi connectivity index (χ0) is 14.1. The molecule has 0 bridgehead atoms. The Labute approximate surface area is 117 Å². The van der Waals surface area contributed by atoms with Crippen LogP contribution in [0, 0.1) is 5.92 Å². The Morgan fingerprint density at radius 3 is 2.90 bits per heavy atom. The Morgan fingerprint density at radius 2 is 2.25 bits per heavy atom. The minimum absolute atomic E-state index is 0.157. The number of hydrogen-bond donors (Lipinski definition) is 0. The summed E-state index contributed by atoms with van der Waals surface area (Å²) in [5.41, 5.74) is 0.345. The van der Waals surface area contributed by atoms with E-state index in [0.29, 0.717) is 24.1 Å². The van der Waals surface area contributed by atoms with Crippen LogP contribution in [0.3, 0.4) is 0 Å². The van der Waals surface area contributed by atoms with Gasteiger partial charge in [0, 0.05) is 25.4 Å². The lowest BCUT2D eigenvalue weighted by Crippen LogP contribution is -2.26. The molecule has 0 unspecified atom stereocenters. The predicted molar refractivity (Wildman–Crippen MR) is 73.1 cm³/mol. The molecule has 0 radical (unpaired) electrons. The molecule has 104 valence electrons. The largest absolute Gasteiger partial charge is 0.464 e. The Hall–Kier alpha value is -2.17. The fourth-order valence-corrected chi connectivity index (χ4v) is 2.31. The number of carbonyl (C=O) groups excluding carboxylic acids is 1. The van der Waals surface area contributed by atoms with Gasteiger partial charge in [0.2, 0.25) is 0 Å². The van der Waals surface area contributed by atoms with Gasteiger partial charge < -0.3 is 9.32 Å². The molecule has 1 fully saturated rings. The fraction of sp³-hybridized carbons (Fsp3) is 0.400. The van der Waals surface area contributed by atoms with Crippen LogP contribution < -0.4 is 0 Å². The zero-order valence-electron chi connectivity index (χ0n) is 11.6. The Bertz CT molecular complexity index is 609. The second kappa shape index (κ2) is 5.07. The lowest BCUT2D eigenvalue weighted by molar-refractivity contribution is 0.0768. The summed E-state index contributed by atoms with van der Waals surface area (Å²) in [6, 6.07) is 3.96. The maximum Gasteiger partial charge on any atom is 0.274 e. The van der Waals surface area contributed by atoms with Crippen LogP contribution in [-0.4, -0.2) is 27.8 Å². The van der Waals surface area contributed by atoms with E-state index in [4.69, 9.17) is 4.42 Å². The second-order valence-electron chi connectivity index (χ2n) is 5.38. The van der Waals surface area contributed by atoms with Crippen molar-refractivity contribution in [3.63, 3.8) is 0 Å². The molecular weight excluding hydrogens is 254 g/mol.